The zero-order chi connectivity index (χ0) is 16.1. The molecular formula is C15H17BrN2O4. The zero-order valence-corrected chi connectivity index (χ0v) is 13.9. The minimum atomic E-state index is -0.554. The molecule has 6 nitrogen and oxygen atoms in total. The van der Waals surface area contributed by atoms with Crippen molar-refractivity contribution in [1.29, 1.82) is 0 Å². The summed E-state index contributed by atoms with van der Waals surface area (Å²) in [4.78, 5) is 24.1. The average molecular weight is 369 g/mol. The third kappa shape index (κ3) is 3.86. The first-order valence-corrected chi connectivity index (χ1v) is 7.52. The van der Waals surface area contributed by atoms with Gasteiger partial charge in [0.15, 0.2) is 0 Å². The van der Waals surface area contributed by atoms with Crippen molar-refractivity contribution in [2.24, 2.45) is 0 Å². The third-order valence-corrected chi connectivity index (χ3v) is 3.68. The number of urea groups is 1. The smallest absolute Gasteiger partial charge is 0.338 e. The van der Waals surface area contributed by atoms with Gasteiger partial charge in [-0.3, -0.25) is 0 Å². The second-order valence-corrected chi connectivity index (χ2v) is 5.67. The molecule has 0 aromatic heterocycles. The first-order chi connectivity index (χ1) is 10.5. The molecular weight excluding hydrogens is 352 g/mol. The summed E-state index contributed by atoms with van der Waals surface area (Å²) in [5.41, 5.74) is 1.66. The van der Waals surface area contributed by atoms with Crippen molar-refractivity contribution < 1.29 is 19.1 Å². The summed E-state index contributed by atoms with van der Waals surface area (Å²) in [5.74, 6) is -0.480. The molecule has 2 N–H and O–H groups in total. The first-order valence-electron chi connectivity index (χ1n) is 6.72. The first kappa shape index (κ1) is 16.5. The van der Waals surface area contributed by atoms with Gasteiger partial charge in [0, 0.05) is 17.3 Å². The molecule has 1 heterocycles. The summed E-state index contributed by atoms with van der Waals surface area (Å²) in [6, 6.07) is 6.51. The van der Waals surface area contributed by atoms with E-state index in [4.69, 9.17) is 9.47 Å². The lowest BCUT2D eigenvalue weighted by Crippen LogP contribution is -2.45. The van der Waals surface area contributed by atoms with Crippen LogP contribution in [0, 0.1) is 0 Å². The van der Waals surface area contributed by atoms with Gasteiger partial charge in [0.2, 0.25) is 0 Å². The van der Waals surface area contributed by atoms with E-state index in [1.54, 1.807) is 6.92 Å². The van der Waals surface area contributed by atoms with Crippen molar-refractivity contribution in [2.75, 3.05) is 20.3 Å². The summed E-state index contributed by atoms with van der Waals surface area (Å²) >= 11 is 3.39. The number of esters is 1. The second kappa shape index (κ2) is 7.42. The van der Waals surface area contributed by atoms with Crippen molar-refractivity contribution >= 4 is 27.9 Å². The number of nitrogens with one attached hydrogen (secondary N) is 2. The fourth-order valence-electron chi connectivity index (χ4n) is 2.20. The minimum absolute atomic E-state index is 0.158. The van der Waals surface area contributed by atoms with E-state index in [-0.39, 0.29) is 12.6 Å². The zero-order valence-electron chi connectivity index (χ0n) is 12.3. The van der Waals surface area contributed by atoms with E-state index in [9.17, 15) is 9.59 Å². The Morgan fingerprint density at radius 1 is 1.36 bits per heavy atom. The highest BCUT2D eigenvalue weighted by Gasteiger charge is 2.32. The molecule has 2 rings (SSSR count). The number of ether oxygens (including phenoxy) is 2. The Kier molecular flexibility index (Phi) is 5.57. The molecule has 0 fully saturated rings. The van der Waals surface area contributed by atoms with E-state index in [2.05, 4.69) is 26.6 Å². The number of rotatable bonds is 5. The fraction of sp³-hybridized carbons (Fsp3) is 0.333. The number of amides is 2. The number of hydrogen-bond acceptors (Lipinski definition) is 4. The van der Waals surface area contributed by atoms with E-state index < -0.39 is 12.0 Å². The second-order valence-electron chi connectivity index (χ2n) is 4.75. The molecule has 0 saturated carbocycles. The van der Waals surface area contributed by atoms with Crippen molar-refractivity contribution in [2.45, 2.75) is 13.0 Å². The topological polar surface area (TPSA) is 76.7 Å². The van der Waals surface area contributed by atoms with Gasteiger partial charge in [-0.1, -0.05) is 28.1 Å². The number of methoxy groups -OCH3 is 1. The molecule has 7 heteroatoms. The molecule has 118 valence electrons. The molecule has 0 aliphatic carbocycles. The van der Waals surface area contributed by atoms with E-state index in [1.807, 2.05) is 24.3 Å². The molecule has 22 heavy (non-hydrogen) atoms. The van der Waals surface area contributed by atoms with Crippen LogP contribution in [-0.4, -0.2) is 32.3 Å². The van der Waals surface area contributed by atoms with E-state index >= 15 is 0 Å². The maximum atomic E-state index is 12.3. The molecule has 0 bridgehead atoms. The van der Waals surface area contributed by atoms with Gasteiger partial charge in [0.25, 0.3) is 0 Å². The van der Waals surface area contributed by atoms with Crippen LogP contribution in [0.3, 0.4) is 0 Å². The Hall–Kier alpha value is -1.86. The van der Waals surface area contributed by atoms with Gasteiger partial charge in [0.1, 0.15) is 6.61 Å². The normalized spacial score (nSPS) is 17.8. The number of hydrogen-bond donors (Lipinski definition) is 2. The Balaban J connectivity index is 2.30. The molecule has 1 unspecified atom stereocenters. The van der Waals surface area contributed by atoms with Crippen molar-refractivity contribution in [1.82, 2.24) is 10.6 Å². The molecule has 1 aliphatic rings. The summed E-state index contributed by atoms with van der Waals surface area (Å²) in [6.45, 7) is 2.15. The van der Waals surface area contributed by atoms with Gasteiger partial charge in [-0.05, 0) is 24.6 Å². The van der Waals surface area contributed by atoms with Gasteiger partial charge < -0.3 is 20.1 Å². The highest BCUT2D eigenvalue weighted by molar-refractivity contribution is 9.10. The van der Waals surface area contributed by atoms with Crippen LogP contribution in [0.4, 0.5) is 4.79 Å². The number of halogens is 1. The van der Waals surface area contributed by atoms with E-state index in [1.165, 1.54) is 7.11 Å². The van der Waals surface area contributed by atoms with Crippen LogP contribution in [0.5, 0.6) is 0 Å². The molecule has 1 aromatic carbocycles. The SMILES string of the molecule is COCCOC(=O)C1=C(C)NC(=O)NC1c1cccc(Br)c1. The van der Waals surface area contributed by atoms with Crippen LogP contribution in [0.25, 0.3) is 0 Å². The van der Waals surface area contributed by atoms with Crippen LogP contribution in [0.15, 0.2) is 40.0 Å². The number of carbonyl (C=O) groups is 2. The highest BCUT2D eigenvalue weighted by Crippen LogP contribution is 2.29. The van der Waals surface area contributed by atoms with Gasteiger partial charge in [-0.25, -0.2) is 9.59 Å². The van der Waals surface area contributed by atoms with E-state index in [0.717, 1.165) is 10.0 Å². The Morgan fingerprint density at radius 3 is 2.82 bits per heavy atom. The predicted molar refractivity (Wildman–Crippen MR) is 84.1 cm³/mol. The quantitative estimate of drug-likeness (QED) is 0.617. The molecule has 0 radical (unpaired) electrons. The maximum absolute atomic E-state index is 12.3. The van der Waals surface area contributed by atoms with Gasteiger partial charge in [0.05, 0.1) is 18.2 Å². The Morgan fingerprint density at radius 2 is 2.14 bits per heavy atom. The third-order valence-electron chi connectivity index (χ3n) is 3.19. The summed E-state index contributed by atoms with van der Waals surface area (Å²) in [6.07, 6.45) is 0. The van der Waals surface area contributed by atoms with Crippen LogP contribution < -0.4 is 10.6 Å². The molecule has 2 amide bonds. The molecule has 1 aliphatic heterocycles. The van der Waals surface area contributed by atoms with Crippen molar-refractivity contribution in [3.05, 3.63) is 45.6 Å². The lowest BCUT2D eigenvalue weighted by atomic mass is 9.96. The molecule has 1 aromatic rings. The minimum Gasteiger partial charge on any atom is -0.460 e. The number of benzene rings is 1. The van der Waals surface area contributed by atoms with Crippen LogP contribution >= 0.6 is 15.9 Å². The highest BCUT2D eigenvalue weighted by atomic mass is 79.9. The van der Waals surface area contributed by atoms with Crippen molar-refractivity contribution in [3.8, 4) is 0 Å². The molecule has 0 saturated heterocycles. The molecule has 0 spiro atoms. The standard InChI is InChI=1S/C15H17BrN2O4/c1-9-12(14(19)22-7-6-21-2)13(18-15(20)17-9)10-4-3-5-11(16)8-10/h3-5,8,13H,6-7H2,1-2H3,(H2,17,18,20). The number of carbonyl (C=O) groups excluding carboxylic acids is 2. The Labute approximate surface area is 137 Å². The fourth-order valence-corrected chi connectivity index (χ4v) is 2.61. The van der Waals surface area contributed by atoms with Crippen LogP contribution in [-0.2, 0) is 14.3 Å². The van der Waals surface area contributed by atoms with Gasteiger partial charge in [-0.2, -0.15) is 0 Å². The van der Waals surface area contributed by atoms with E-state index in [0.29, 0.717) is 17.9 Å². The average Bonchev–Trinajstić information content (AvgIpc) is 2.46. The Bertz CT molecular complexity index is 615. The lowest BCUT2D eigenvalue weighted by molar-refractivity contribution is -0.140. The van der Waals surface area contributed by atoms with Gasteiger partial charge >= 0.3 is 12.0 Å². The largest absolute Gasteiger partial charge is 0.460 e. The van der Waals surface area contributed by atoms with Crippen molar-refractivity contribution in [3.63, 3.8) is 0 Å². The lowest BCUT2D eigenvalue weighted by Gasteiger charge is -2.28. The summed E-state index contributed by atoms with van der Waals surface area (Å²) in [5, 5.41) is 5.35. The summed E-state index contributed by atoms with van der Waals surface area (Å²) < 4.78 is 10.9. The number of allylic oxidation sites excluding steroid dienone is 1. The monoisotopic (exact) mass is 368 g/mol. The maximum Gasteiger partial charge on any atom is 0.338 e. The van der Waals surface area contributed by atoms with Crippen LogP contribution in [0.1, 0.15) is 18.5 Å². The predicted octanol–water partition coefficient (Wildman–Crippen LogP) is 2.27. The summed E-state index contributed by atoms with van der Waals surface area (Å²) in [7, 11) is 1.53. The van der Waals surface area contributed by atoms with Gasteiger partial charge in [-0.15, -0.1) is 0 Å². The molecule has 1 atom stereocenters. The van der Waals surface area contributed by atoms with Crippen LogP contribution in [0.2, 0.25) is 0 Å².